The topological polar surface area (TPSA) is 43.9 Å². The summed E-state index contributed by atoms with van der Waals surface area (Å²) in [6, 6.07) is 11.8. The molecule has 0 radical (unpaired) electrons. The average Bonchev–Trinajstić information content (AvgIpc) is 2.99. The van der Waals surface area contributed by atoms with Crippen molar-refractivity contribution in [3.63, 3.8) is 0 Å². The van der Waals surface area contributed by atoms with Gasteiger partial charge in [-0.3, -0.25) is 14.5 Å². The molecule has 0 saturated carbocycles. The summed E-state index contributed by atoms with van der Waals surface area (Å²) < 4.78 is 26.7. The Labute approximate surface area is 182 Å². The maximum atomic E-state index is 13.5. The molecule has 1 aliphatic heterocycles. The van der Waals surface area contributed by atoms with Crippen LogP contribution in [0.4, 0.5) is 8.78 Å². The van der Waals surface area contributed by atoms with Gasteiger partial charge in [0.15, 0.2) is 0 Å². The van der Waals surface area contributed by atoms with Crippen LogP contribution in [0.5, 0.6) is 0 Å². The van der Waals surface area contributed by atoms with Gasteiger partial charge in [0.25, 0.3) is 5.91 Å². The Morgan fingerprint density at radius 1 is 1.00 bits per heavy atom. The van der Waals surface area contributed by atoms with Crippen molar-refractivity contribution >= 4 is 11.8 Å². The van der Waals surface area contributed by atoms with E-state index in [0.717, 1.165) is 12.0 Å². The third-order valence-corrected chi connectivity index (χ3v) is 5.79. The van der Waals surface area contributed by atoms with Crippen LogP contribution in [0.25, 0.3) is 0 Å². The standard InChI is InChI=1S/C24H29F2N3O2/c1-3-29(18(2)19-8-10-21(25)11-9-19)23(30)17-27-12-5-13-28(15-14-27)24(31)20-6-4-7-22(26)16-20/h4,6-11,16,18H,3,5,12-15,17H2,1-2H3. The molecule has 0 aromatic heterocycles. The molecule has 1 heterocycles. The van der Waals surface area contributed by atoms with E-state index < -0.39 is 5.82 Å². The predicted octanol–water partition coefficient (Wildman–Crippen LogP) is 3.72. The first-order chi connectivity index (χ1) is 14.9. The molecule has 1 fully saturated rings. The third-order valence-electron chi connectivity index (χ3n) is 5.79. The van der Waals surface area contributed by atoms with Crippen LogP contribution >= 0.6 is 0 Å². The predicted molar refractivity (Wildman–Crippen MR) is 116 cm³/mol. The first-order valence-corrected chi connectivity index (χ1v) is 10.7. The van der Waals surface area contributed by atoms with E-state index in [1.54, 1.807) is 28.0 Å². The number of nitrogens with zero attached hydrogens (tertiary/aromatic N) is 3. The molecule has 2 amide bonds. The van der Waals surface area contributed by atoms with Gasteiger partial charge in [-0.05, 0) is 56.2 Å². The minimum absolute atomic E-state index is 0.00392. The van der Waals surface area contributed by atoms with E-state index in [4.69, 9.17) is 0 Å². The maximum Gasteiger partial charge on any atom is 0.254 e. The molecule has 5 nitrogen and oxygen atoms in total. The Bertz CT molecular complexity index is 904. The van der Waals surface area contributed by atoms with Gasteiger partial charge < -0.3 is 9.80 Å². The molecule has 3 rings (SSSR count). The van der Waals surface area contributed by atoms with Crippen molar-refractivity contribution in [2.45, 2.75) is 26.3 Å². The minimum atomic E-state index is -0.428. The molecule has 0 spiro atoms. The van der Waals surface area contributed by atoms with E-state index >= 15 is 0 Å². The van der Waals surface area contributed by atoms with Crippen molar-refractivity contribution in [1.29, 1.82) is 0 Å². The van der Waals surface area contributed by atoms with E-state index in [2.05, 4.69) is 4.90 Å². The van der Waals surface area contributed by atoms with Crippen molar-refractivity contribution in [1.82, 2.24) is 14.7 Å². The van der Waals surface area contributed by atoms with Crippen LogP contribution in [-0.4, -0.2) is 65.8 Å². The molecular weight excluding hydrogens is 400 g/mol. The summed E-state index contributed by atoms with van der Waals surface area (Å²) in [5, 5.41) is 0. The number of halogens is 2. The van der Waals surface area contributed by atoms with Crippen LogP contribution in [0, 0.1) is 11.6 Å². The molecule has 0 bridgehead atoms. The van der Waals surface area contributed by atoms with E-state index in [1.165, 1.54) is 30.3 Å². The number of rotatable bonds is 6. The first-order valence-electron chi connectivity index (χ1n) is 10.7. The highest BCUT2D eigenvalue weighted by Crippen LogP contribution is 2.21. The maximum absolute atomic E-state index is 13.5. The molecule has 0 aliphatic carbocycles. The van der Waals surface area contributed by atoms with Gasteiger partial charge in [0.1, 0.15) is 11.6 Å². The second-order valence-corrected chi connectivity index (χ2v) is 7.84. The zero-order valence-corrected chi connectivity index (χ0v) is 18.1. The lowest BCUT2D eigenvalue weighted by atomic mass is 10.1. The summed E-state index contributed by atoms with van der Waals surface area (Å²) in [4.78, 5) is 31.3. The molecule has 1 atom stereocenters. The zero-order chi connectivity index (χ0) is 22.4. The largest absolute Gasteiger partial charge is 0.337 e. The van der Waals surface area contributed by atoms with E-state index in [0.29, 0.717) is 38.3 Å². The molecule has 1 aliphatic rings. The Hall–Kier alpha value is -2.80. The van der Waals surface area contributed by atoms with Crippen LogP contribution in [0.15, 0.2) is 48.5 Å². The highest BCUT2D eigenvalue weighted by atomic mass is 19.1. The second kappa shape index (κ2) is 10.5. The Balaban J connectivity index is 1.59. The van der Waals surface area contributed by atoms with Gasteiger partial charge in [-0.15, -0.1) is 0 Å². The Morgan fingerprint density at radius 2 is 1.74 bits per heavy atom. The SMILES string of the molecule is CCN(C(=O)CN1CCCN(C(=O)c2cccc(F)c2)CC1)C(C)c1ccc(F)cc1. The molecule has 2 aromatic carbocycles. The molecular formula is C24H29F2N3O2. The zero-order valence-electron chi connectivity index (χ0n) is 18.1. The summed E-state index contributed by atoms with van der Waals surface area (Å²) >= 11 is 0. The van der Waals surface area contributed by atoms with Gasteiger partial charge in [0.2, 0.25) is 5.91 Å². The van der Waals surface area contributed by atoms with E-state index in [-0.39, 0.29) is 30.2 Å². The highest BCUT2D eigenvalue weighted by molar-refractivity contribution is 5.94. The number of hydrogen-bond donors (Lipinski definition) is 0. The fourth-order valence-corrected chi connectivity index (χ4v) is 4.01. The van der Waals surface area contributed by atoms with Gasteiger partial charge in [-0.2, -0.15) is 0 Å². The number of likely N-dealkylation sites (N-methyl/N-ethyl adjacent to an activating group) is 1. The van der Waals surface area contributed by atoms with Crippen molar-refractivity contribution in [2.24, 2.45) is 0 Å². The molecule has 1 saturated heterocycles. The quantitative estimate of drug-likeness (QED) is 0.703. The fraction of sp³-hybridized carbons (Fsp3) is 0.417. The lowest BCUT2D eigenvalue weighted by molar-refractivity contribution is -0.134. The molecule has 31 heavy (non-hydrogen) atoms. The van der Waals surface area contributed by atoms with Gasteiger partial charge in [-0.25, -0.2) is 8.78 Å². The Kier molecular flexibility index (Phi) is 7.74. The summed E-state index contributed by atoms with van der Waals surface area (Å²) in [5.74, 6) is -0.910. The van der Waals surface area contributed by atoms with Gasteiger partial charge in [-0.1, -0.05) is 18.2 Å². The molecule has 7 heteroatoms. The van der Waals surface area contributed by atoms with Crippen molar-refractivity contribution in [3.8, 4) is 0 Å². The summed E-state index contributed by atoms with van der Waals surface area (Å²) in [6.07, 6.45) is 0.744. The smallest absolute Gasteiger partial charge is 0.254 e. The number of amides is 2. The monoisotopic (exact) mass is 429 g/mol. The lowest BCUT2D eigenvalue weighted by Gasteiger charge is -2.31. The van der Waals surface area contributed by atoms with E-state index in [9.17, 15) is 18.4 Å². The van der Waals surface area contributed by atoms with Crippen molar-refractivity contribution in [3.05, 3.63) is 71.3 Å². The van der Waals surface area contributed by atoms with Crippen LogP contribution in [-0.2, 0) is 4.79 Å². The number of benzene rings is 2. The summed E-state index contributed by atoms with van der Waals surface area (Å²) in [5.41, 5.74) is 1.23. The fourth-order valence-electron chi connectivity index (χ4n) is 4.01. The highest BCUT2D eigenvalue weighted by Gasteiger charge is 2.25. The van der Waals surface area contributed by atoms with Gasteiger partial charge >= 0.3 is 0 Å². The molecule has 1 unspecified atom stereocenters. The van der Waals surface area contributed by atoms with Crippen LogP contribution in [0.2, 0.25) is 0 Å². The van der Waals surface area contributed by atoms with Gasteiger partial charge in [0.05, 0.1) is 12.6 Å². The number of carbonyl (C=O) groups is 2. The number of carbonyl (C=O) groups excluding carboxylic acids is 2. The first kappa shape index (κ1) is 22.9. The van der Waals surface area contributed by atoms with Crippen LogP contribution in [0.1, 0.15) is 42.2 Å². The van der Waals surface area contributed by atoms with Crippen molar-refractivity contribution in [2.75, 3.05) is 39.3 Å². The van der Waals surface area contributed by atoms with Crippen LogP contribution < -0.4 is 0 Å². The van der Waals surface area contributed by atoms with Crippen LogP contribution in [0.3, 0.4) is 0 Å². The normalized spacial score (nSPS) is 15.9. The second-order valence-electron chi connectivity index (χ2n) is 7.84. The molecule has 0 N–H and O–H groups in total. The minimum Gasteiger partial charge on any atom is -0.337 e. The summed E-state index contributed by atoms with van der Waals surface area (Å²) in [7, 11) is 0. The molecule has 2 aromatic rings. The van der Waals surface area contributed by atoms with E-state index in [1.807, 2.05) is 13.8 Å². The van der Waals surface area contributed by atoms with Crippen molar-refractivity contribution < 1.29 is 18.4 Å². The molecule has 166 valence electrons. The van der Waals surface area contributed by atoms with Gasteiger partial charge in [0, 0.05) is 38.3 Å². The Morgan fingerprint density at radius 3 is 2.42 bits per heavy atom. The number of hydrogen-bond acceptors (Lipinski definition) is 3. The lowest BCUT2D eigenvalue weighted by Crippen LogP contribution is -2.43. The third kappa shape index (κ3) is 5.88. The average molecular weight is 430 g/mol. The summed E-state index contributed by atoms with van der Waals surface area (Å²) in [6.45, 7) is 7.04.